The summed E-state index contributed by atoms with van der Waals surface area (Å²) < 4.78 is 29.8. The van der Waals surface area contributed by atoms with E-state index in [1.165, 1.54) is 12.1 Å². The van der Waals surface area contributed by atoms with E-state index in [1.807, 2.05) is 0 Å². The van der Waals surface area contributed by atoms with Gasteiger partial charge in [-0.25, -0.2) is 0 Å². The Hall–Kier alpha value is 0.190. The minimum absolute atomic E-state index is 0. The Morgan fingerprint density at radius 3 is 2.15 bits per heavy atom. The monoisotopic (exact) mass is 228 g/mol. The molecule has 1 aromatic rings. The molecule has 1 rings (SSSR count). The van der Waals surface area contributed by atoms with Gasteiger partial charge in [-0.05, 0) is 24.6 Å². The first-order valence-electron chi connectivity index (χ1n) is 3.18. The molecule has 0 amide bonds. The summed E-state index contributed by atoms with van der Waals surface area (Å²) in [5.41, 5.74) is 0.572. The van der Waals surface area contributed by atoms with Crippen LogP contribution in [0.15, 0.2) is 23.1 Å². The molecule has 0 aliphatic carbocycles. The summed E-state index contributed by atoms with van der Waals surface area (Å²) in [6, 6.07) is 3.66. The van der Waals surface area contributed by atoms with Gasteiger partial charge in [0.05, 0.1) is 4.90 Å². The van der Waals surface area contributed by atoms with Crippen LogP contribution in [0.5, 0.6) is 5.75 Å². The molecule has 0 bridgehead atoms. The average Bonchev–Trinajstić information content (AvgIpc) is 1.82. The summed E-state index contributed by atoms with van der Waals surface area (Å²) in [5.74, 6) is -0.178. The third-order valence-corrected chi connectivity index (χ3v) is 2.16. The summed E-state index contributed by atoms with van der Waals surface area (Å²) in [7, 11) is -4.21. The maximum absolute atomic E-state index is 10.6. The van der Waals surface area contributed by atoms with Crippen molar-refractivity contribution in [3.8, 4) is 5.75 Å². The molecule has 13 heavy (non-hydrogen) atoms. The van der Waals surface area contributed by atoms with Crippen LogP contribution in [0.25, 0.3) is 0 Å². The van der Waals surface area contributed by atoms with Crippen LogP contribution in [0, 0.1) is 6.92 Å². The van der Waals surface area contributed by atoms with E-state index in [1.54, 1.807) is 6.92 Å². The van der Waals surface area contributed by atoms with E-state index in [0.29, 0.717) is 5.56 Å². The van der Waals surface area contributed by atoms with Crippen molar-refractivity contribution in [2.24, 2.45) is 0 Å². The number of aryl methyl sites for hydroxylation is 1. The van der Waals surface area contributed by atoms with Crippen molar-refractivity contribution >= 4 is 47.9 Å². The van der Waals surface area contributed by atoms with E-state index in [4.69, 9.17) is 9.66 Å². The summed E-state index contributed by atoms with van der Waals surface area (Å²) in [6.07, 6.45) is 0. The number of hydrogen-bond donors (Lipinski definition) is 2. The molecule has 0 unspecified atom stereocenters. The Labute approximate surface area is 106 Å². The molecule has 1 aromatic carbocycles. The molecule has 0 aliphatic rings. The predicted octanol–water partition coefficient (Wildman–Crippen LogP) is 0.567. The molecule has 0 heterocycles. The van der Waals surface area contributed by atoms with Gasteiger partial charge in [0.15, 0.2) is 0 Å². The van der Waals surface area contributed by atoms with E-state index in [-0.39, 0.29) is 48.4 Å². The van der Waals surface area contributed by atoms with Crippen molar-refractivity contribution in [1.29, 1.82) is 0 Å². The molecule has 0 atom stereocenters. The van der Waals surface area contributed by atoms with Crippen molar-refractivity contribution < 1.29 is 18.1 Å². The molecule has 0 saturated carbocycles. The van der Waals surface area contributed by atoms with E-state index in [9.17, 15) is 8.42 Å². The summed E-state index contributed by atoms with van der Waals surface area (Å²) in [4.78, 5) is -0.292. The van der Waals surface area contributed by atoms with Gasteiger partial charge >= 0.3 is 37.7 Å². The molecule has 6 heteroatoms. The average molecular weight is 228 g/mol. The molecular formula is C7H8CaO4S+2. The number of aromatic hydroxyl groups is 1. The number of rotatable bonds is 1. The molecular weight excluding hydrogens is 220 g/mol. The largest absolute Gasteiger partial charge is 2.00 e. The zero-order chi connectivity index (χ0) is 9.35. The third-order valence-electron chi connectivity index (χ3n) is 1.33. The fourth-order valence-corrected chi connectivity index (χ4v) is 1.48. The molecule has 0 spiro atoms. The number of phenolic OH excluding ortho intramolecular Hbond substituents is 1. The fourth-order valence-electron chi connectivity index (χ4n) is 0.877. The Balaban J connectivity index is 0.00000144. The second-order valence-electron chi connectivity index (χ2n) is 2.48. The van der Waals surface area contributed by atoms with Gasteiger partial charge in [-0.3, -0.25) is 4.55 Å². The van der Waals surface area contributed by atoms with Crippen LogP contribution in [-0.2, 0) is 10.1 Å². The molecule has 0 fully saturated rings. The first kappa shape index (κ1) is 13.2. The van der Waals surface area contributed by atoms with Gasteiger partial charge in [0.1, 0.15) is 5.75 Å². The van der Waals surface area contributed by atoms with Gasteiger partial charge in [-0.1, -0.05) is 0 Å². The third kappa shape index (κ3) is 3.83. The van der Waals surface area contributed by atoms with Gasteiger partial charge in [0.25, 0.3) is 10.1 Å². The minimum atomic E-state index is -4.21. The first-order valence-corrected chi connectivity index (χ1v) is 4.62. The van der Waals surface area contributed by atoms with Gasteiger partial charge in [0, 0.05) is 6.07 Å². The topological polar surface area (TPSA) is 74.6 Å². The number of benzene rings is 1. The SMILES string of the molecule is Cc1cc(O)cc(S(=O)(=O)O)c1.[Ca+2]. The van der Waals surface area contributed by atoms with Gasteiger partial charge in [0.2, 0.25) is 0 Å². The van der Waals surface area contributed by atoms with Gasteiger partial charge in [-0.2, -0.15) is 8.42 Å². The molecule has 0 aromatic heterocycles. The van der Waals surface area contributed by atoms with Gasteiger partial charge in [-0.15, -0.1) is 0 Å². The summed E-state index contributed by atoms with van der Waals surface area (Å²) in [5, 5.41) is 8.98. The second kappa shape index (κ2) is 4.61. The van der Waals surface area contributed by atoms with Crippen LogP contribution in [0.1, 0.15) is 5.56 Å². The predicted molar refractivity (Wildman–Crippen MR) is 48.4 cm³/mol. The van der Waals surface area contributed by atoms with E-state index >= 15 is 0 Å². The van der Waals surface area contributed by atoms with E-state index < -0.39 is 10.1 Å². The van der Waals surface area contributed by atoms with Crippen molar-refractivity contribution in [3.63, 3.8) is 0 Å². The molecule has 66 valence electrons. The van der Waals surface area contributed by atoms with Crippen molar-refractivity contribution in [1.82, 2.24) is 0 Å². The number of phenols is 1. The Kier molecular flexibility index (Phi) is 4.68. The van der Waals surface area contributed by atoms with Crippen LogP contribution >= 0.6 is 0 Å². The maximum Gasteiger partial charge on any atom is 2.00 e. The number of hydrogen-bond acceptors (Lipinski definition) is 3. The Bertz CT molecular complexity index is 379. The van der Waals surface area contributed by atoms with Crippen LogP contribution in [0.4, 0.5) is 0 Å². The zero-order valence-electron chi connectivity index (χ0n) is 7.06. The van der Waals surface area contributed by atoms with E-state index in [0.717, 1.165) is 6.07 Å². The molecule has 0 aliphatic heterocycles. The second-order valence-corrected chi connectivity index (χ2v) is 3.90. The fraction of sp³-hybridized carbons (Fsp3) is 0.143. The molecule has 0 saturated heterocycles. The van der Waals surface area contributed by atoms with Crippen molar-refractivity contribution in [3.05, 3.63) is 23.8 Å². The van der Waals surface area contributed by atoms with Crippen LogP contribution in [0.3, 0.4) is 0 Å². The quantitative estimate of drug-likeness (QED) is 0.544. The van der Waals surface area contributed by atoms with E-state index in [2.05, 4.69) is 0 Å². The standard InChI is InChI=1S/C7H8O4S.Ca/c1-5-2-6(8)4-7(3-5)12(9,10)11;/h2-4,8H,1H3,(H,9,10,11);/q;+2. The normalized spacial score (nSPS) is 10.6. The summed E-state index contributed by atoms with van der Waals surface area (Å²) in [6.45, 7) is 1.62. The van der Waals surface area contributed by atoms with Crippen molar-refractivity contribution in [2.45, 2.75) is 11.8 Å². The molecule has 4 nitrogen and oxygen atoms in total. The maximum atomic E-state index is 10.6. The Morgan fingerprint density at radius 1 is 1.23 bits per heavy atom. The minimum Gasteiger partial charge on any atom is -0.508 e. The Morgan fingerprint density at radius 2 is 1.77 bits per heavy atom. The summed E-state index contributed by atoms with van der Waals surface area (Å²) >= 11 is 0. The molecule has 2 N–H and O–H groups in total. The van der Waals surface area contributed by atoms with Crippen LogP contribution in [0.2, 0.25) is 0 Å². The van der Waals surface area contributed by atoms with Gasteiger partial charge < -0.3 is 5.11 Å². The van der Waals surface area contributed by atoms with Crippen LogP contribution < -0.4 is 0 Å². The smallest absolute Gasteiger partial charge is 0.508 e. The zero-order valence-corrected chi connectivity index (χ0v) is 10.1. The van der Waals surface area contributed by atoms with Crippen molar-refractivity contribution in [2.75, 3.05) is 0 Å². The molecule has 0 radical (unpaired) electrons. The van der Waals surface area contributed by atoms with Crippen LogP contribution in [-0.4, -0.2) is 55.8 Å². The first-order chi connectivity index (χ1) is 5.39.